The van der Waals surface area contributed by atoms with E-state index in [1.807, 2.05) is 25.7 Å². The molecule has 1 aliphatic heterocycles. The molecule has 122 valence electrons. The first-order valence-corrected chi connectivity index (χ1v) is 7.74. The highest BCUT2D eigenvalue weighted by atomic mass is 16.6. The van der Waals surface area contributed by atoms with Crippen molar-refractivity contribution in [2.24, 2.45) is 0 Å². The number of piperazine rings is 1. The average Bonchev–Trinajstić information content (AvgIpc) is 2.33. The molecule has 5 heteroatoms. The summed E-state index contributed by atoms with van der Waals surface area (Å²) in [4.78, 5) is 28.0. The number of hydrogen-bond donors (Lipinski definition) is 0. The number of hydrogen-bond acceptors (Lipinski definition) is 4. The maximum Gasteiger partial charge on any atom is 0.306 e. The number of rotatable bonds is 3. The van der Waals surface area contributed by atoms with Crippen molar-refractivity contribution in [3.8, 4) is 0 Å². The summed E-state index contributed by atoms with van der Waals surface area (Å²) in [6.45, 7) is 15.3. The molecule has 1 heterocycles. The highest BCUT2D eigenvalue weighted by Crippen LogP contribution is 2.16. The smallest absolute Gasteiger partial charge is 0.306 e. The van der Waals surface area contributed by atoms with Gasteiger partial charge >= 0.3 is 5.97 Å². The number of esters is 1. The average molecular weight is 298 g/mol. The lowest BCUT2D eigenvalue weighted by molar-refractivity contribution is -0.156. The minimum absolute atomic E-state index is 0.0504. The van der Waals surface area contributed by atoms with Gasteiger partial charge < -0.3 is 9.64 Å². The number of nitrogens with zero attached hydrogens (tertiary/aromatic N) is 2. The fourth-order valence-corrected chi connectivity index (χ4v) is 2.39. The molecule has 1 rings (SSSR count). The largest absolute Gasteiger partial charge is 0.460 e. The zero-order chi connectivity index (χ0) is 16.3. The summed E-state index contributed by atoms with van der Waals surface area (Å²) in [6.07, 6.45) is 0.403. The van der Waals surface area contributed by atoms with Crippen LogP contribution in [0.15, 0.2) is 0 Å². The molecule has 1 fully saturated rings. The number of carbonyl (C=O) groups excluding carboxylic acids is 2. The molecule has 0 aliphatic carbocycles. The van der Waals surface area contributed by atoms with Crippen LogP contribution in [0.25, 0.3) is 0 Å². The standard InChI is InChI=1S/C16H30N2O3/c1-15(2,3)18-11-9-17(10-12-18)13(19)7-8-14(20)21-16(4,5)6/h7-12H2,1-6H3. The molecule has 0 spiro atoms. The van der Waals surface area contributed by atoms with E-state index < -0.39 is 5.60 Å². The topological polar surface area (TPSA) is 49.9 Å². The molecule has 0 aromatic heterocycles. The highest BCUT2D eigenvalue weighted by molar-refractivity contribution is 5.81. The van der Waals surface area contributed by atoms with Crippen molar-refractivity contribution in [2.75, 3.05) is 26.2 Å². The SMILES string of the molecule is CC(C)(C)OC(=O)CCC(=O)N1CCN(C(C)(C)C)CC1. The summed E-state index contributed by atoms with van der Waals surface area (Å²) in [7, 11) is 0. The molecule has 1 aliphatic rings. The first-order chi connectivity index (χ1) is 9.49. The van der Waals surface area contributed by atoms with E-state index in [1.54, 1.807) is 0 Å². The first-order valence-electron chi connectivity index (χ1n) is 7.74. The molecule has 0 unspecified atom stereocenters. The molecule has 0 aromatic carbocycles. The summed E-state index contributed by atoms with van der Waals surface area (Å²) < 4.78 is 5.22. The van der Waals surface area contributed by atoms with E-state index in [1.165, 1.54) is 0 Å². The monoisotopic (exact) mass is 298 g/mol. The summed E-state index contributed by atoms with van der Waals surface area (Å²) >= 11 is 0. The van der Waals surface area contributed by atoms with E-state index >= 15 is 0 Å². The summed E-state index contributed by atoms with van der Waals surface area (Å²) in [5.41, 5.74) is -0.343. The molecule has 0 atom stereocenters. The maximum absolute atomic E-state index is 12.1. The molecule has 0 radical (unpaired) electrons. The van der Waals surface area contributed by atoms with Crippen LogP contribution in [0.1, 0.15) is 54.4 Å². The molecule has 0 bridgehead atoms. The van der Waals surface area contributed by atoms with E-state index in [0.29, 0.717) is 0 Å². The fourth-order valence-electron chi connectivity index (χ4n) is 2.39. The second-order valence-corrected chi connectivity index (χ2v) is 7.63. The maximum atomic E-state index is 12.1. The Labute approximate surface area is 128 Å². The lowest BCUT2D eigenvalue weighted by Crippen LogP contribution is -2.54. The highest BCUT2D eigenvalue weighted by Gasteiger charge is 2.28. The van der Waals surface area contributed by atoms with Gasteiger partial charge in [0.2, 0.25) is 5.91 Å². The van der Waals surface area contributed by atoms with E-state index in [4.69, 9.17) is 4.74 Å². The van der Waals surface area contributed by atoms with Gasteiger partial charge in [-0.05, 0) is 41.5 Å². The molecule has 0 saturated carbocycles. The van der Waals surface area contributed by atoms with Gasteiger partial charge in [-0.2, -0.15) is 0 Å². The molecule has 0 aromatic rings. The second kappa shape index (κ2) is 6.77. The van der Waals surface area contributed by atoms with Crippen molar-refractivity contribution in [3.05, 3.63) is 0 Å². The molecular formula is C16H30N2O3. The Morgan fingerprint density at radius 3 is 1.86 bits per heavy atom. The predicted octanol–water partition coefficient (Wildman–Crippen LogP) is 2.05. The Morgan fingerprint density at radius 1 is 0.905 bits per heavy atom. The molecule has 1 saturated heterocycles. The van der Waals surface area contributed by atoms with Crippen LogP contribution in [0.4, 0.5) is 0 Å². The van der Waals surface area contributed by atoms with Gasteiger partial charge in [-0.25, -0.2) is 0 Å². The third-order valence-corrected chi connectivity index (χ3v) is 3.54. The third kappa shape index (κ3) is 6.46. The zero-order valence-electron chi connectivity index (χ0n) is 14.4. The molecule has 1 amide bonds. The Balaban J connectivity index is 2.33. The Kier molecular flexibility index (Phi) is 5.79. The van der Waals surface area contributed by atoms with Crippen LogP contribution < -0.4 is 0 Å². The van der Waals surface area contributed by atoms with Crippen LogP contribution in [0.2, 0.25) is 0 Å². The van der Waals surface area contributed by atoms with Crippen LogP contribution in [0.3, 0.4) is 0 Å². The predicted molar refractivity (Wildman–Crippen MR) is 83.0 cm³/mol. The van der Waals surface area contributed by atoms with Crippen LogP contribution in [-0.2, 0) is 14.3 Å². The van der Waals surface area contributed by atoms with Gasteiger partial charge in [0, 0.05) is 38.1 Å². The fraction of sp³-hybridized carbons (Fsp3) is 0.875. The van der Waals surface area contributed by atoms with Gasteiger partial charge in [0.25, 0.3) is 0 Å². The lowest BCUT2D eigenvalue weighted by Gasteiger charge is -2.42. The number of amides is 1. The van der Waals surface area contributed by atoms with Gasteiger partial charge in [-0.15, -0.1) is 0 Å². The van der Waals surface area contributed by atoms with E-state index in [2.05, 4.69) is 25.7 Å². The normalized spacial score (nSPS) is 17.7. The van der Waals surface area contributed by atoms with Crippen molar-refractivity contribution in [3.63, 3.8) is 0 Å². The van der Waals surface area contributed by atoms with Crippen molar-refractivity contribution < 1.29 is 14.3 Å². The van der Waals surface area contributed by atoms with Crippen molar-refractivity contribution in [2.45, 2.75) is 65.5 Å². The van der Waals surface area contributed by atoms with Crippen LogP contribution in [0, 0.1) is 0 Å². The molecule has 0 N–H and O–H groups in total. The summed E-state index contributed by atoms with van der Waals surface area (Å²) in [5, 5.41) is 0. The van der Waals surface area contributed by atoms with Gasteiger partial charge in [-0.3, -0.25) is 14.5 Å². The van der Waals surface area contributed by atoms with Crippen LogP contribution in [-0.4, -0.2) is 59.0 Å². The number of ether oxygens (including phenoxy) is 1. The molecule has 21 heavy (non-hydrogen) atoms. The van der Waals surface area contributed by atoms with Gasteiger partial charge in [-0.1, -0.05) is 0 Å². The lowest BCUT2D eigenvalue weighted by atomic mass is 10.0. The first kappa shape index (κ1) is 18.0. The Bertz CT molecular complexity index is 372. The van der Waals surface area contributed by atoms with E-state index in [-0.39, 0.29) is 30.3 Å². The van der Waals surface area contributed by atoms with Crippen molar-refractivity contribution in [1.82, 2.24) is 9.80 Å². The molecular weight excluding hydrogens is 268 g/mol. The Hall–Kier alpha value is -1.10. The number of carbonyl (C=O) groups is 2. The second-order valence-electron chi connectivity index (χ2n) is 7.63. The third-order valence-electron chi connectivity index (χ3n) is 3.54. The van der Waals surface area contributed by atoms with Crippen LogP contribution in [0.5, 0.6) is 0 Å². The van der Waals surface area contributed by atoms with Crippen LogP contribution >= 0.6 is 0 Å². The quantitative estimate of drug-likeness (QED) is 0.748. The minimum Gasteiger partial charge on any atom is -0.460 e. The van der Waals surface area contributed by atoms with Gasteiger partial charge in [0.15, 0.2) is 0 Å². The summed E-state index contributed by atoms with van der Waals surface area (Å²) in [6, 6.07) is 0. The van der Waals surface area contributed by atoms with Gasteiger partial charge in [0.1, 0.15) is 5.60 Å². The zero-order valence-corrected chi connectivity index (χ0v) is 14.4. The van der Waals surface area contributed by atoms with E-state index in [9.17, 15) is 9.59 Å². The molecule has 5 nitrogen and oxygen atoms in total. The van der Waals surface area contributed by atoms with E-state index in [0.717, 1.165) is 26.2 Å². The Morgan fingerprint density at radius 2 is 1.43 bits per heavy atom. The summed E-state index contributed by atoms with van der Waals surface area (Å²) in [5.74, 6) is -0.251. The van der Waals surface area contributed by atoms with Crippen molar-refractivity contribution in [1.29, 1.82) is 0 Å². The van der Waals surface area contributed by atoms with Crippen molar-refractivity contribution >= 4 is 11.9 Å². The van der Waals surface area contributed by atoms with Gasteiger partial charge in [0.05, 0.1) is 6.42 Å². The minimum atomic E-state index is -0.488.